The van der Waals surface area contributed by atoms with E-state index in [0.29, 0.717) is 0 Å². The first-order valence-electron chi connectivity index (χ1n) is 3.70. The van der Waals surface area contributed by atoms with Crippen LogP contribution in [0, 0.1) is 0 Å². The molecular formula is C8H9F3O6. The standard InChI is InChI=1S/C5H5F3O3.C3H4O3/c1-3(9)4(10)11-2-5(6,7)8;1-2(4)3(5)6/h9H,1-2H2;4H,1H2,(H,5,6). The second-order valence-corrected chi connectivity index (χ2v) is 2.39. The molecule has 0 fully saturated rings. The number of ether oxygens (including phenoxy) is 1. The van der Waals surface area contributed by atoms with E-state index in [9.17, 15) is 22.8 Å². The summed E-state index contributed by atoms with van der Waals surface area (Å²) in [5, 5.41) is 23.7. The average Bonchev–Trinajstić information content (AvgIpc) is 2.13. The SMILES string of the molecule is C=C(O)C(=O)O.C=C(O)C(=O)OCC(F)(F)F. The Hall–Kier alpha value is -2.19. The van der Waals surface area contributed by atoms with E-state index in [1.54, 1.807) is 0 Å². The highest BCUT2D eigenvalue weighted by molar-refractivity contribution is 5.84. The summed E-state index contributed by atoms with van der Waals surface area (Å²) >= 11 is 0. The van der Waals surface area contributed by atoms with Gasteiger partial charge in [0.2, 0.25) is 0 Å². The maximum absolute atomic E-state index is 11.3. The molecule has 0 aliphatic heterocycles. The van der Waals surface area contributed by atoms with Crippen LogP contribution in [0.5, 0.6) is 0 Å². The topological polar surface area (TPSA) is 104 Å². The summed E-state index contributed by atoms with van der Waals surface area (Å²) in [4.78, 5) is 19.5. The highest BCUT2D eigenvalue weighted by Crippen LogP contribution is 2.14. The van der Waals surface area contributed by atoms with E-state index < -0.39 is 36.2 Å². The molecule has 3 N–H and O–H groups in total. The minimum Gasteiger partial charge on any atom is -0.502 e. The summed E-state index contributed by atoms with van der Waals surface area (Å²) < 4.78 is 37.4. The van der Waals surface area contributed by atoms with Crippen molar-refractivity contribution in [1.82, 2.24) is 0 Å². The summed E-state index contributed by atoms with van der Waals surface area (Å²) in [5.74, 6) is -4.72. The number of carbonyl (C=O) groups excluding carboxylic acids is 1. The predicted octanol–water partition coefficient (Wildman–Crippen LogP) is 1.31. The Kier molecular flexibility index (Phi) is 7.23. The van der Waals surface area contributed by atoms with Gasteiger partial charge in [0.05, 0.1) is 0 Å². The molecule has 0 aromatic heterocycles. The molecule has 0 heterocycles. The van der Waals surface area contributed by atoms with Crippen molar-refractivity contribution in [2.45, 2.75) is 6.18 Å². The lowest BCUT2D eigenvalue weighted by molar-refractivity contribution is -0.185. The van der Waals surface area contributed by atoms with Gasteiger partial charge in [0.25, 0.3) is 0 Å². The van der Waals surface area contributed by atoms with Crippen LogP contribution in [0.2, 0.25) is 0 Å². The normalized spacial score (nSPS) is 9.59. The number of aliphatic hydroxyl groups is 2. The van der Waals surface area contributed by atoms with Crippen LogP contribution < -0.4 is 0 Å². The van der Waals surface area contributed by atoms with Gasteiger partial charge >= 0.3 is 18.1 Å². The van der Waals surface area contributed by atoms with Crippen LogP contribution in [-0.4, -0.2) is 40.0 Å². The number of rotatable bonds is 3. The molecule has 17 heavy (non-hydrogen) atoms. The lowest BCUT2D eigenvalue weighted by Gasteiger charge is -2.05. The van der Waals surface area contributed by atoms with E-state index in [-0.39, 0.29) is 0 Å². The Labute approximate surface area is 93.2 Å². The van der Waals surface area contributed by atoms with Gasteiger partial charge in [-0.05, 0) is 13.2 Å². The first-order valence-corrected chi connectivity index (χ1v) is 3.70. The van der Waals surface area contributed by atoms with Crippen LogP contribution in [0.1, 0.15) is 0 Å². The molecule has 9 heteroatoms. The fourth-order valence-corrected chi connectivity index (χ4v) is 0.231. The zero-order valence-corrected chi connectivity index (χ0v) is 8.32. The fourth-order valence-electron chi connectivity index (χ4n) is 0.231. The Balaban J connectivity index is 0. The maximum Gasteiger partial charge on any atom is 0.422 e. The van der Waals surface area contributed by atoms with Crippen molar-refractivity contribution in [3.8, 4) is 0 Å². The number of aliphatic carboxylic acids is 1. The van der Waals surface area contributed by atoms with Crippen molar-refractivity contribution in [1.29, 1.82) is 0 Å². The van der Waals surface area contributed by atoms with Crippen molar-refractivity contribution < 1.29 is 42.8 Å². The number of hydrogen-bond acceptors (Lipinski definition) is 5. The molecule has 0 atom stereocenters. The monoisotopic (exact) mass is 258 g/mol. The highest BCUT2D eigenvalue weighted by atomic mass is 19.4. The molecule has 98 valence electrons. The molecule has 0 radical (unpaired) electrons. The Bertz CT molecular complexity index is 308. The van der Waals surface area contributed by atoms with Crippen molar-refractivity contribution in [3.63, 3.8) is 0 Å². The Morgan fingerprint density at radius 2 is 1.41 bits per heavy atom. The van der Waals surface area contributed by atoms with Crippen molar-refractivity contribution in [2.75, 3.05) is 6.61 Å². The molecule has 0 bridgehead atoms. The van der Waals surface area contributed by atoms with Crippen LogP contribution in [0.25, 0.3) is 0 Å². The molecule has 0 amide bonds. The van der Waals surface area contributed by atoms with Gasteiger partial charge in [-0.15, -0.1) is 0 Å². The van der Waals surface area contributed by atoms with E-state index in [2.05, 4.69) is 17.9 Å². The largest absolute Gasteiger partial charge is 0.502 e. The summed E-state index contributed by atoms with van der Waals surface area (Å²) in [6.45, 7) is 3.66. The first kappa shape index (κ1) is 17.2. The second-order valence-electron chi connectivity index (χ2n) is 2.39. The molecule has 0 saturated carbocycles. The zero-order chi connectivity index (χ0) is 14.2. The molecule has 0 aromatic rings. The minimum absolute atomic E-state index is 0.824. The molecule has 0 rings (SSSR count). The van der Waals surface area contributed by atoms with Crippen molar-refractivity contribution >= 4 is 11.9 Å². The molecule has 0 saturated heterocycles. The summed E-state index contributed by atoms with van der Waals surface area (Å²) in [6, 6.07) is 0. The molecule has 0 aromatic carbocycles. The smallest absolute Gasteiger partial charge is 0.422 e. The maximum atomic E-state index is 11.3. The van der Waals surface area contributed by atoms with E-state index in [0.717, 1.165) is 0 Å². The number of carboxylic acids is 1. The fraction of sp³-hybridized carbons (Fsp3) is 0.250. The van der Waals surface area contributed by atoms with Gasteiger partial charge in [0.15, 0.2) is 18.1 Å². The third-order valence-electron chi connectivity index (χ3n) is 0.849. The molecule has 6 nitrogen and oxygen atoms in total. The number of carboxylic acid groups (broad SMARTS) is 1. The van der Waals surface area contributed by atoms with E-state index in [4.69, 9.17) is 15.3 Å². The molecule has 0 spiro atoms. The van der Waals surface area contributed by atoms with Gasteiger partial charge in [0.1, 0.15) is 0 Å². The third kappa shape index (κ3) is 13.8. The minimum atomic E-state index is -4.58. The van der Waals surface area contributed by atoms with Crippen LogP contribution in [0.4, 0.5) is 13.2 Å². The predicted molar refractivity (Wildman–Crippen MR) is 48.2 cm³/mol. The summed E-state index contributed by atoms with van der Waals surface area (Å²) in [7, 11) is 0. The third-order valence-corrected chi connectivity index (χ3v) is 0.849. The lowest BCUT2D eigenvalue weighted by Crippen LogP contribution is -2.20. The highest BCUT2D eigenvalue weighted by Gasteiger charge is 2.29. The van der Waals surface area contributed by atoms with Gasteiger partial charge in [0, 0.05) is 0 Å². The van der Waals surface area contributed by atoms with E-state index >= 15 is 0 Å². The van der Waals surface area contributed by atoms with Crippen molar-refractivity contribution in [3.05, 3.63) is 24.7 Å². The summed E-state index contributed by atoms with van der Waals surface area (Å²) in [6.07, 6.45) is -4.58. The molecular weight excluding hydrogens is 249 g/mol. The number of alkyl halides is 3. The van der Waals surface area contributed by atoms with Crippen LogP contribution >= 0.6 is 0 Å². The number of carbonyl (C=O) groups is 2. The van der Waals surface area contributed by atoms with Crippen LogP contribution in [0.15, 0.2) is 24.7 Å². The first-order chi connectivity index (χ1) is 7.47. The molecule has 0 unspecified atom stereocenters. The number of esters is 1. The average molecular weight is 258 g/mol. The summed E-state index contributed by atoms with van der Waals surface area (Å²) in [5.41, 5.74) is 0. The number of hydrogen-bond donors (Lipinski definition) is 3. The van der Waals surface area contributed by atoms with Gasteiger partial charge < -0.3 is 20.1 Å². The quantitative estimate of drug-likeness (QED) is 0.400. The van der Waals surface area contributed by atoms with Crippen LogP contribution in [-0.2, 0) is 14.3 Å². The van der Waals surface area contributed by atoms with Gasteiger partial charge in [-0.1, -0.05) is 0 Å². The Morgan fingerprint density at radius 1 is 1.06 bits per heavy atom. The number of halogens is 3. The van der Waals surface area contributed by atoms with E-state index in [1.165, 1.54) is 0 Å². The van der Waals surface area contributed by atoms with Crippen molar-refractivity contribution in [2.24, 2.45) is 0 Å². The number of aliphatic hydroxyl groups excluding tert-OH is 2. The van der Waals surface area contributed by atoms with E-state index in [1.807, 2.05) is 0 Å². The van der Waals surface area contributed by atoms with Gasteiger partial charge in [-0.3, -0.25) is 0 Å². The lowest BCUT2D eigenvalue weighted by atomic mass is 10.6. The second kappa shape index (κ2) is 7.14. The molecule has 0 aliphatic rings. The molecule has 0 aliphatic carbocycles. The zero-order valence-electron chi connectivity index (χ0n) is 8.32. The Morgan fingerprint density at radius 3 is 1.59 bits per heavy atom. The van der Waals surface area contributed by atoms with Crippen LogP contribution in [0.3, 0.4) is 0 Å². The van der Waals surface area contributed by atoms with Gasteiger partial charge in [-0.25, -0.2) is 9.59 Å². The van der Waals surface area contributed by atoms with Gasteiger partial charge in [-0.2, -0.15) is 13.2 Å².